The number of methoxy groups -OCH3 is 4. The number of carbonyl (C=O) groups excluding carboxylic acids is 5. The highest BCUT2D eigenvalue weighted by Crippen LogP contribution is 2.40. The Morgan fingerprint density at radius 2 is 1.14 bits per heavy atom. The minimum atomic E-state index is -0.887. The molecule has 5 heterocycles. The molecule has 0 saturated carbocycles. The monoisotopic (exact) mass is 942 g/mol. The maximum absolute atomic E-state index is 14.4. The van der Waals surface area contributed by atoms with Gasteiger partial charge in [0.05, 0.1) is 60.3 Å². The van der Waals surface area contributed by atoms with Crippen molar-refractivity contribution in [1.82, 2.24) is 30.2 Å². The van der Waals surface area contributed by atoms with Crippen molar-refractivity contribution >= 4 is 52.6 Å². The van der Waals surface area contributed by atoms with Crippen molar-refractivity contribution in [2.24, 2.45) is 21.8 Å². The Bertz CT molecular complexity index is 2600. The van der Waals surface area contributed by atoms with Gasteiger partial charge >= 0.3 is 18.2 Å². The molecular formula is C52H62N8O9. The minimum Gasteiger partial charge on any atom is -0.493 e. The van der Waals surface area contributed by atoms with Crippen LogP contribution in [0.4, 0.5) is 14.4 Å². The molecule has 0 spiro atoms. The van der Waals surface area contributed by atoms with E-state index in [4.69, 9.17) is 28.9 Å². The number of nitrogens with zero attached hydrogens (tertiary/aromatic N) is 6. The third-order valence-electron chi connectivity index (χ3n) is 13.8. The van der Waals surface area contributed by atoms with Crippen LogP contribution in [0, 0.1) is 11.8 Å². The number of fused-ring (bicyclic) bond motifs is 1. The molecule has 17 nitrogen and oxygen atoms in total. The zero-order valence-electron chi connectivity index (χ0n) is 40.6. The predicted octanol–water partition coefficient (Wildman–Crippen LogP) is 7.10. The van der Waals surface area contributed by atoms with Crippen LogP contribution in [0.1, 0.15) is 75.6 Å². The van der Waals surface area contributed by atoms with Crippen LogP contribution in [0.25, 0.3) is 22.3 Å². The summed E-state index contributed by atoms with van der Waals surface area (Å²) < 4.78 is 20.8. The van der Waals surface area contributed by atoms with Crippen LogP contribution in [0.2, 0.25) is 0 Å². The number of aliphatic imine (C=N–C) groups is 2. The molecule has 2 saturated heterocycles. The highest BCUT2D eigenvalue weighted by Gasteiger charge is 2.45. The van der Waals surface area contributed by atoms with Crippen molar-refractivity contribution in [3.63, 3.8) is 0 Å². The zero-order valence-corrected chi connectivity index (χ0v) is 40.6. The van der Waals surface area contributed by atoms with Crippen LogP contribution in [0.3, 0.4) is 0 Å². The average molecular weight is 943 g/mol. The smallest absolute Gasteiger partial charge is 0.407 e. The van der Waals surface area contributed by atoms with Gasteiger partial charge in [-0.05, 0) is 69.7 Å². The van der Waals surface area contributed by atoms with E-state index in [0.717, 1.165) is 68.8 Å². The van der Waals surface area contributed by atoms with Crippen molar-refractivity contribution in [2.45, 2.75) is 90.6 Å². The van der Waals surface area contributed by atoms with Gasteiger partial charge in [0.2, 0.25) is 11.8 Å². The number of hydrogen-bond donors (Lipinski definition) is 2. The molecule has 0 radical (unpaired) electrons. The fourth-order valence-electron chi connectivity index (χ4n) is 9.98. The van der Waals surface area contributed by atoms with E-state index in [2.05, 4.69) is 59.2 Å². The molecule has 69 heavy (non-hydrogen) atoms. The van der Waals surface area contributed by atoms with Crippen LogP contribution in [-0.4, -0.2) is 133 Å². The molecule has 5 aliphatic rings. The molecule has 2 fully saturated rings. The Hall–Kier alpha value is -7.17. The molecule has 0 unspecified atom stereocenters. The number of ether oxygens (including phenoxy) is 4. The lowest BCUT2D eigenvalue weighted by Gasteiger charge is -2.31. The third-order valence-corrected chi connectivity index (χ3v) is 13.8. The molecule has 364 valence electrons. The van der Waals surface area contributed by atoms with Gasteiger partial charge < -0.3 is 49.2 Å². The van der Waals surface area contributed by atoms with Gasteiger partial charge in [-0.1, -0.05) is 82.3 Å². The molecule has 0 aromatic heterocycles. The highest BCUT2D eigenvalue weighted by atomic mass is 16.5. The van der Waals surface area contributed by atoms with Gasteiger partial charge in [-0.15, -0.1) is 0 Å². The Balaban J connectivity index is 0.915. The van der Waals surface area contributed by atoms with Gasteiger partial charge in [-0.2, -0.15) is 0 Å². The number of carbonyl (C=O) groups is 5. The van der Waals surface area contributed by atoms with Crippen LogP contribution in [0.15, 0.2) is 83.0 Å². The fraction of sp³-hybridized carbons (Fsp3) is 0.442. The second-order valence-corrected chi connectivity index (χ2v) is 18.7. The molecule has 4 atom stereocenters. The van der Waals surface area contributed by atoms with Gasteiger partial charge in [0.15, 0.2) is 11.5 Å². The second kappa shape index (κ2) is 20.6. The molecule has 6 amide bonds. The standard InChI is InChI=1S/C52H62N8O9/c1-30(2)45(55-50(63)68-7)48(61)59-21-9-10-42(59)40-22-37(24-53-40)34-15-11-32(12-16-34)33-13-17-35(18-14-33)38-23-41(54-25-38)43-28-58(29-60(43)49(62)46(31(3)4)56-51(64)69-8)52(65)57-26-36-19-20-44(66-5)47(67-6)39(36)27-57/h11-20,24-25,30-31,42-43,45-46H,9-10,21-23,26-29H2,1-8H3,(H,55,63)(H,56,64)/t42-,43-,45-,46-/m0/s1. The molecule has 0 bridgehead atoms. The van der Waals surface area contributed by atoms with Crippen LogP contribution >= 0.6 is 0 Å². The van der Waals surface area contributed by atoms with Crippen molar-refractivity contribution in [2.75, 3.05) is 48.2 Å². The van der Waals surface area contributed by atoms with Gasteiger partial charge in [0.1, 0.15) is 12.1 Å². The molecule has 17 heteroatoms. The predicted molar refractivity (Wildman–Crippen MR) is 261 cm³/mol. The summed E-state index contributed by atoms with van der Waals surface area (Å²) in [6.45, 7) is 9.10. The van der Waals surface area contributed by atoms with E-state index in [1.807, 2.05) is 57.1 Å². The normalized spacial score (nSPS) is 19.4. The van der Waals surface area contributed by atoms with Gasteiger partial charge in [0.25, 0.3) is 0 Å². The quantitative estimate of drug-likeness (QED) is 0.181. The molecule has 2 N–H and O–H groups in total. The van der Waals surface area contributed by atoms with E-state index in [-0.39, 0.29) is 48.9 Å². The van der Waals surface area contributed by atoms with Crippen molar-refractivity contribution in [1.29, 1.82) is 0 Å². The summed E-state index contributed by atoms with van der Waals surface area (Å²) in [7, 11) is 5.71. The first-order valence-corrected chi connectivity index (χ1v) is 23.5. The van der Waals surface area contributed by atoms with E-state index in [1.165, 1.54) is 14.2 Å². The maximum Gasteiger partial charge on any atom is 0.407 e. The zero-order chi connectivity index (χ0) is 49.1. The summed E-state index contributed by atoms with van der Waals surface area (Å²) in [5.41, 5.74) is 9.77. The Kier molecular flexibility index (Phi) is 14.4. The molecule has 3 aromatic rings. The van der Waals surface area contributed by atoms with E-state index in [9.17, 15) is 24.0 Å². The number of benzene rings is 3. The van der Waals surface area contributed by atoms with Crippen LogP contribution in [-0.2, 0) is 32.2 Å². The number of urea groups is 1. The largest absolute Gasteiger partial charge is 0.493 e. The number of hydrogen-bond acceptors (Lipinski definition) is 11. The van der Waals surface area contributed by atoms with Gasteiger partial charge in [0, 0.05) is 55.3 Å². The number of amides is 6. The lowest BCUT2D eigenvalue weighted by atomic mass is 9.94. The molecule has 3 aromatic carbocycles. The van der Waals surface area contributed by atoms with Crippen LogP contribution in [0.5, 0.6) is 11.5 Å². The van der Waals surface area contributed by atoms with Crippen LogP contribution < -0.4 is 20.1 Å². The summed E-state index contributed by atoms with van der Waals surface area (Å²) in [6, 6.07) is 18.0. The average Bonchev–Trinajstić information content (AvgIpc) is 4.23. The lowest BCUT2D eigenvalue weighted by Crippen LogP contribution is -2.54. The number of allylic oxidation sites excluding steroid dienone is 2. The topological polar surface area (TPSA) is 184 Å². The van der Waals surface area contributed by atoms with E-state index in [0.29, 0.717) is 44.0 Å². The Labute approximate surface area is 403 Å². The van der Waals surface area contributed by atoms with E-state index in [1.54, 1.807) is 28.9 Å². The molecule has 8 rings (SSSR count). The number of nitrogens with one attached hydrogen (secondary N) is 2. The van der Waals surface area contributed by atoms with Gasteiger partial charge in [-0.3, -0.25) is 19.6 Å². The number of alkyl carbamates (subject to hydrolysis) is 2. The summed E-state index contributed by atoms with van der Waals surface area (Å²) in [5.74, 6) is 0.382. The minimum absolute atomic E-state index is 0.0195. The van der Waals surface area contributed by atoms with Crippen molar-refractivity contribution in [3.8, 4) is 22.6 Å². The Morgan fingerprint density at radius 3 is 1.65 bits per heavy atom. The summed E-state index contributed by atoms with van der Waals surface area (Å²) in [5, 5.41) is 5.43. The summed E-state index contributed by atoms with van der Waals surface area (Å²) in [4.78, 5) is 83.3. The van der Waals surface area contributed by atoms with E-state index < -0.39 is 30.3 Å². The maximum atomic E-state index is 14.4. The van der Waals surface area contributed by atoms with E-state index >= 15 is 0 Å². The molecular weight excluding hydrogens is 881 g/mol. The second-order valence-electron chi connectivity index (χ2n) is 18.7. The highest BCUT2D eigenvalue weighted by molar-refractivity contribution is 6.05. The van der Waals surface area contributed by atoms with Crippen molar-refractivity contribution < 1.29 is 42.9 Å². The SMILES string of the molecule is COC(=O)N[C@H](C(=O)N1CCC[C@H]1C1=NC=C(c2ccc(-c3ccc(C4=CN=C([C@@H]5CN(C(=O)N6Cc7ccc(OC)c(OC)c7C6)CN5C(=O)[C@@H](NC(=O)OC)C(C)C)C4)cc3)cc2)C1)C(C)C. The summed E-state index contributed by atoms with van der Waals surface area (Å²) in [6.07, 6.45) is 5.21. The molecule has 5 aliphatic heterocycles. The summed E-state index contributed by atoms with van der Waals surface area (Å²) >= 11 is 0. The fourth-order valence-corrected chi connectivity index (χ4v) is 9.98. The first kappa shape index (κ1) is 48.3. The first-order chi connectivity index (χ1) is 33.2. The van der Waals surface area contributed by atoms with Gasteiger partial charge in [-0.25, -0.2) is 14.4 Å². The first-order valence-electron chi connectivity index (χ1n) is 23.5. The molecule has 0 aliphatic carbocycles. The Morgan fingerprint density at radius 1 is 0.623 bits per heavy atom. The third kappa shape index (κ3) is 9.90. The lowest BCUT2D eigenvalue weighted by molar-refractivity contribution is -0.135. The number of rotatable bonds is 13. The number of likely N-dealkylation sites (tertiary alicyclic amines) is 1. The van der Waals surface area contributed by atoms with Crippen molar-refractivity contribution in [3.05, 3.63) is 95.3 Å².